The molecular weight excluding hydrogens is 172 g/mol. The molecule has 1 unspecified atom stereocenters. The monoisotopic (exact) mass is 184 g/mol. The number of ether oxygens (including phenoxy) is 1. The second kappa shape index (κ2) is 3.93. The quantitative estimate of drug-likeness (QED) is 0.561. The fourth-order valence-corrected chi connectivity index (χ4v) is 1.05. The third-order valence-corrected chi connectivity index (χ3v) is 1.78. The summed E-state index contributed by atoms with van der Waals surface area (Å²) in [5.74, 6) is -0.493. The molecule has 13 heavy (non-hydrogen) atoms. The lowest BCUT2D eigenvalue weighted by Crippen LogP contribution is -2.32. The van der Waals surface area contributed by atoms with E-state index >= 15 is 0 Å². The minimum atomic E-state index is -0.354. The molecule has 0 spiro atoms. The van der Waals surface area contributed by atoms with Gasteiger partial charge in [-0.25, -0.2) is 0 Å². The van der Waals surface area contributed by atoms with Crippen molar-refractivity contribution in [3.8, 4) is 0 Å². The zero-order chi connectivity index (χ0) is 9.84. The molecule has 0 radical (unpaired) electrons. The first-order valence-corrected chi connectivity index (χ1v) is 3.96. The highest BCUT2D eigenvalue weighted by Crippen LogP contribution is 2.04. The Labute approximate surface area is 76.1 Å². The fourth-order valence-electron chi connectivity index (χ4n) is 1.05. The van der Waals surface area contributed by atoms with E-state index in [1.54, 1.807) is 0 Å². The van der Waals surface area contributed by atoms with Gasteiger partial charge < -0.3 is 15.4 Å². The van der Waals surface area contributed by atoms with E-state index in [1.807, 2.05) is 6.92 Å². The van der Waals surface area contributed by atoms with Crippen LogP contribution in [0, 0.1) is 0 Å². The largest absolute Gasteiger partial charge is 0.468 e. The number of hydrogen-bond acceptors (Lipinski definition) is 4. The number of nitrogens with one attached hydrogen (secondary N) is 2. The van der Waals surface area contributed by atoms with E-state index < -0.39 is 0 Å². The first kappa shape index (κ1) is 9.57. The van der Waals surface area contributed by atoms with Gasteiger partial charge in [0.15, 0.2) is 0 Å². The molecule has 5 nitrogen and oxygen atoms in total. The molecule has 0 fully saturated rings. The van der Waals surface area contributed by atoms with Crippen LogP contribution in [-0.4, -0.2) is 31.6 Å². The maximum atomic E-state index is 10.8. The third kappa shape index (κ3) is 2.47. The van der Waals surface area contributed by atoms with Crippen LogP contribution in [0.5, 0.6) is 0 Å². The number of hydrogen-bond donors (Lipinski definition) is 2. The van der Waals surface area contributed by atoms with Gasteiger partial charge in [-0.05, 0) is 6.92 Å². The van der Waals surface area contributed by atoms with Crippen molar-refractivity contribution in [2.75, 3.05) is 13.7 Å². The molecule has 1 heterocycles. The van der Waals surface area contributed by atoms with Gasteiger partial charge in [-0.3, -0.25) is 9.59 Å². The minimum absolute atomic E-state index is 0.0582. The number of carbonyl (C=O) groups is 2. The molecule has 0 saturated carbocycles. The average Bonchev–Trinajstić information content (AvgIpc) is 2.41. The smallest absolute Gasteiger partial charge is 0.325 e. The van der Waals surface area contributed by atoms with Gasteiger partial charge in [0.05, 0.1) is 13.2 Å². The summed E-state index contributed by atoms with van der Waals surface area (Å²) >= 11 is 0. The zero-order valence-electron chi connectivity index (χ0n) is 7.59. The van der Waals surface area contributed by atoms with E-state index in [0.29, 0.717) is 0 Å². The summed E-state index contributed by atoms with van der Waals surface area (Å²) < 4.78 is 4.44. The van der Waals surface area contributed by atoms with Crippen LogP contribution in [-0.2, 0) is 14.3 Å². The molecule has 0 aliphatic carbocycles. The molecule has 5 heteroatoms. The van der Waals surface area contributed by atoms with Crippen molar-refractivity contribution in [1.29, 1.82) is 0 Å². The van der Waals surface area contributed by atoms with Gasteiger partial charge in [-0.2, -0.15) is 0 Å². The molecule has 0 saturated heterocycles. The first-order valence-electron chi connectivity index (χ1n) is 3.96. The van der Waals surface area contributed by atoms with E-state index in [2.05, 4.69) is 15.4 Å². The average molecular weight is 184 g/mol. The lowest BCUT2D eigenvalue weighted by atomic mass is 10.3. The Hall–Kier alpha value is -1.52. The summed E-state index contributed by atoms with van der Waals surface area (Å²) in [6.45, 7) is 1.92. The Morgan fingerprint density at radius 2 is 2.46 bits per heavy atom. The van der Waals surface area contributed by atoms with Crippen LogP contribution in [0.4, 0.5) is 0 Å². The molecule has 72 valence electrons. The molecule has 1 aliphatic rings. The number of methoxy groups -OCH3 is 1. The number of rotatable bonds is 3. The van der Waals surface area contributed by atoms with Crippen molar-refractivity contribution in [2.45, 2.75) is 13.0 Å². The van der Waals surface area contributed by atoms with Crippen LogP contribution in [0.25, 0.3) is 0 Å². The van der Waals surface area contributed by atoms with Gasteiger partial charge in [0.1, 0.15) is 6.54 Å². The van der Waals surface area contributed by atoms with Crippen LogP contribution >= 0.6 is 0 Å². The van der Waals surface area contributed by atoms with Gasteiger partial charge in [0, 0.05) is 11.8 Å². The molecule has 2 N–H and O–H groups in total. The highest BCUT2D eigenvalue weighted by atomic mass is 16.5. The van der Waals surface area contributed by atoms with Gasteiger partial charge in [0.25, 0.3) is 0 Å². The van der Waals surface area contributed by atoms with Crippen LogP contribution < -0.4 is 10.6 Å². The van der Waals surface area contributed by atoms with Gasteiger partial charge in [-0.1, -0.05) is 0 Å². The van der Waals surface area contributed by atoms with Gasteiger partial charge >= 0.3 is 5.97 Å². The Morgan fingerprint density at radius 1 is 1.77 bits per heavy atom. The number of esters is 1. The number of carbonyl (C=O) groups excluding carboxylic acids is 2. The molecule has 0 aromatic carbocycles. The minimum Gasteiger partial charge on any atom is -0.468 e. The summed E-state index contributed by atoms with van der Waals surface area (Å²) in [5.41, 5.74) is 0.718. The maximum Gasteiger partial charge on any atom is 0.325 e. The van der Waals surface area contributed by atoms with Crippen molar-refractivity contribution in [3.05, 3.63) is 11.8 Å². The lowest BCUT2D eigenvalue weighted by Gasteiger charge is -2.10. The highest BCUT2D eigenvalue weighted by Gasteiger charge is 2.19. The summed E-state index contributed by atoms with van der Waals surface area (Å²) in [6, 6.07) is -0.0582. The first-order chi connectivity index (χ1) is 6.13. The maximum absolute atomic E-state index is 10.8. The SMILES string of the molecule is COC(=O)CNC1=CC(=O)NC1C. The lowest BCUT2D eigenvalue weighted by molar-refractivity contribution is -0.139. The molecule has 0 aromatic rings. The molecular formula is C8H12N2O3. The second-order valence-electron chi connectivity index (χ2n) is 2.76. The van der Waals surface area contributed by atoms with Crippen molar-refractivity contribution in [2.24, 2.45) is 0 Å². The predicted octanol–water partition coefficient (Wildman–Crippen LogP) is -0.849. The molecule has 1 amide bonds. The third-order valence-electron chi connectivity index (χ3n) is 1.78. The standard InChI is InChI=1S/C8H12N2O3/c1-5-6(3-7(11)10-5)9-4-8(12)13-2/h3,5,9H,4H2,1-2H3,(H,10,11). The van der Waals surface area contributed by atoms with Crippen molar-refractivity contribution in [1.82, 2.24) is 10.6 Å². The van der Waals surface area contributed by atoms with Crippen LogP contribution in [0.1, 0.15) is 6.92 Å². The van der Waals surface area contributed by atoms with Gasteiger partial charge in [0.2, 0.25) is 5.91 Å². The number of amides is 1. The van der Waals surface area contributed by atoms with Crippen molar-refractivity contribution < 1.29 is 14.3 Å². The molecule has 1 atom stereocenters. The van der Waals surface area contributed by atoms with E-state index in [0.717, 1.165) is 5.70 Å². The Kier molecular flexibility index (Phi) is 2.89. The zero-order valence-corrected chi connectivity index (χ0v) is 7.59. The Balaban J connectivity index is 2.41. The predicted molar refractivity (Wildman–Crippen MR) is 45.7 cm³/mol. The summed E-state index contributed by atoms with van der Waals surface area (Å²) in [5, 5.41) is 5.48. The van der Waals surface area contributed by atoms with E-state index in [1.165, 1.54) is 13.2 Å². The normalized spacial score (nSPS) is 20.6. The summed E-state index contributed by atoms with van der Waals surface area (Å²) in [4.78, 5) is 21.6. The van der Waals surface area contributed by atoms with E-state index in [4.69, 9.17) is 0 Å². The Morgan fingerprint density at radius 3 is 2.92 bits per heavy atom. The van der Waals surface area contributed by atoms with E-state index in [-0.39, 0.29) is 24.5 Å². The topological polar surface area (TPSA) is 67.4 Å². The Bertz CT molecular complexity index is 260. The van der Waals surface area contributed by atoms with Gasteiger partial charge in [-0.15, -0.1) is 0 Å². The van der Waals surface area contributed by atoms with Crippen LogP contribution in [0.3, 0.4) is 0 Å². The van der Waals surface area contributed by atoms with Crippen molar-refractivity contribution in [3.63, 3.8) is 0 Å². The van der Waals surface area contributed by atoms with Crippen molar-refractivity contribution >= 4 is 11.9 Å². The molecule has 0 bridgehead atoms. The molecule has 1 aliphatic heterocycles. The molecule has 1 rings (SSSR count). The fraction of sp³-hybridized carbons (Fsp3) is 0.500. The van der Waals surface area contributed by atoms with E-state index in [9.17, 15) is 9.59 Å². The highest BCUT2D eigenvalue weighted by molar-refractivity contribution is 5.91. The summed E-state index contributed by atoms with van der Waals surface area (Å²) in [7, 11) is 1.32. The van der Waals surface area contributed by atoms with Crippen LogP contribution in [0.2, 0.25) is 0 Å². The molecule has 0 aromatic heterocycles. The summed E-state index contributed by atoms with van der Waals surface area (Å²) in [6.07, 6.45) is 1.44. The second-order valence-corrected chi connectivity index (χ2v) is 2.76. The van der Waals surface area contributed by atoms with Crippen LogP contribution in [0.15, 0.2) is 11.8 Å².